The summed E-state index contributed by atoms with van der Waals surface area (Å²) in [5.41, 5.74) is 2.44. The lowest BCUT2D eigenvalue weighted by Crippen LogP contribution is -2.46. The molecule has 0 spiro atoms. The van der Waals surface area contributed by atoms with Gasteiger partial charge in [0, 0.05) is 52.5 Å². The van der Waals surface area contributed by atoms with Crippen molar-refractivity contribution in [2.75, 3.05) is 44.7 Å². The third-order valence-corrected chi connectivity index (χ3v) is 4.94. The first-order valence-corrected chi connectivity index (χ1v) is 9.69. The average molecular weight is 367 g/mol. The van der Waals surface area contributed by atoms with Gasteiger partial charge >= 0.3 is 0 Å². The van der Waals surface area contributed by atoms with Gasteiger partial charge in [-0.3, -0.25) is 4.99 Å². The van der Waals surface area contributed by atoms with Gasteiger partial charge in [-0.15, -0.1) is 0 Å². The van der Waals surface area contributed by atoms with E-state index in [0.717, 1.165) is 57.6 Å². The molecule has 6 heteroatoms. The number of hydrogen-bond acceptors (Lipinski definition) is 4. The molecule has 1 fully saturated rings. The van der Waals surface area contributed by atoms with Crippen molar-refractivity contribution in [3.63, 3.8) is 0 Å². The Bertz CT molecular complexity index is 722. The van der Waals surface area contributed by atoms with E-state index in [2.05, 4.69) is 61.6 Å². The lowest BCUT2D eigenvalue weighted by molar-refractivity contribution is 0.270. The van der Waals surface area contributed by atoms with Gasteiger partial charge in [-0.1, -0.05) is 37.3 Å². The molecule has 3 rings (SSSR count). The maximum Gasteiger partial charge on any atom is 0.191 e. The Kier molecular flexibility index (Phi) is 7.04. The van der Waals surface area contributed by atoms with Crippen LogP contribution >= 0.6 is 0 Å². The maximum atomic E-state index is 4.57. The fourth-order valence-electron chi connectivity index (χ4n) is 3.22. The number of nitrogens with one attached hydrogen (secondary N) is 2. The Morgan fingerprint density at radius 3 is 2.37 bits per heavy atom. The minimum Gasteiger partial charge on any atom is -0.354 e. The van der Waals surface area contributed by atoms with Crippen LogP contribution in [0.4, 0.5) is 5.82 Å². The second-order valence-corrected chi connectivity index (χ2v) is 6.71. The molecule has 6 nitrogen and oxygen atoms in total. The molecule has 27 heavy (non-hydrogen) atoms. The van der Waals surface area contributed by atoms with Crippen LogP contribution in [0, 0.1) is 0 Å². The van der Waals surface area contributed by atoms with E-state index in [1.165, 1.54) is 11.1 Å². The van der Waals surface area contributed by atoms with Crippen LogP contribution in [0.15, 0.2) is 53.7 Å². The topological polar surface area (TPSA) is 55.8 Å². The van der Waals surface area contributed by atoms with Crippen molar-refractivity contribution in [3.8, 4) is 0 Å². The molecule has 1 aromatic carbocycles. The molecule has 1 aliphatic rings. The Balaban J connectivity index is 1.51. The molecule has 1 aromatic heterocycles. The third-order valence-electron chi connectivity index (χ3n) is 4.94. The summed E-state index contributed by atoms with van der Waals surface area (Å²) < 4.78 is 0. The average Bonchev–Trinajstić information content (AvgIpc) is 2.75. The molecule has 0 saturated carbocycles. The van der Waals surface area contributed by atoms with Gasteiger partial charge in [0.25, 0.3) is 0 Å². The van der Waals surface area contributed by atoms with E-state index in [1.54, 1.807) is 7.05 Å². The quantitative estimate of drug-likeness (QED) is 0.606. The minimum atomic E-state index is 0.721. The fourth-order valence-corrected chi connectivity index (χ4v) is 3.22. The van der Waals surface area contributed by atoms with Gasteiger partial charge in [-0.2, -0.15) is 0 Å². The van der Waals surface area contributed by atoms with E-state index in [1.807, 2.05) is 24.4 Å². The number of aromatic nitrogens is 1. The van der Waals surface area contributed by atoms with Gasteiger partial charge in [-0.05, 0) is 29.8 Å². The zero-order valence-corrected chi connectivity index (χ0v) is 16.4. The smallest absolute Gasteiger partial charge is 0.191 e. The summed E-state index contributed by atoms with van der Waals surface area (Å²) in [5, 5.41) is 6.74. The fraction of sp³-hybridized carbons (Fsp3) is 0.429. The van der Waals surface area contributed by atoms with Crippen molar-refractivity contribution < 1.29 is 0 Å². The highest BCUT2D eigenvalue weighted by Crippen LogP contribution is 2.15. The minimum absolute atomic E-state index is 0.721. The summed E-state index contributed by atoms with van der Waals surface area (Å²) in [6.07, 6.45) is 1.90. The molecule has 2 N–H and O–H groups in total. The van der Waals surface area contributed by atoms with Crippen LogP contribution in [0.1, 0.15) is 18.1 Å². The van der Waals surface area contributed by atoms with Gasteiger partial charge in [0.1, 0.15) is 5.82 Å². The summed E-state index contributed by atoms with van der Waals surface area (Å²) in [6, 6.07) is 14.6. The number of anilines is 1. The van der Waals surface area contributed by atoms with Crippen molar-refractivity contribution in [2.45, 2.75) is 20.0 Å². The number of nitrogens with zero attached hydrogens (tertiary/aromatic N) is 4. The Labute approximate surface area is 162 Å². The number of hydrogen-bond donors (Lipinski definition) is 2. The lowest BCUT2D eigenvalue weighted by Gasteiger charge is -2.34. The third kappa shape index (κ3) is 5.69. The van der Waals surface area contributed by atoms with Crippen LogP contribution in [0.25, 0.3) is 0 Å². The van der Waals surface area contributed by atoms with Crippen LogP contribution in [0.3, 0.4) is 0 Å². The van der Waals surface area contributed by atoms with E-state index >= 15 is 0 Å². The van der Waals surface area contributed by atoms with Gasteiger partial charge in [0.15, 0.2) is 5.96 Å². The van der Waals surface area contributed by atoms with Gasteiger partial charge in [-0.25, -0.2) is 4.98 Å². The van der Waals surface area contributed by atoms with Crippen molar-refractivity contribution in [2.24, 2.45) is 4.99 Å². The zero-order valence-electron chi connectivity index (χ0n) is 16.4. The van der Waals surface area contributed by atoms with Crippen LogP contribution in [-0.2, 0) is 13.1 Å². The number of guanidine groups is 1. The molecule has 0 unspecified atom stereocenters. The van der Waals surface area contributed by atoms with Crippen LogP contribution in [0.2, 0.25) is 0 Å². The first-order chi connectivity index (χ1) is 13.3. The molecule has 2 heterocycles. The van der Waals surface area contributed by atoms with Gasteiger partial charge < -0.3 is 20.4 Å². The number of aliphatic imine (C=N–C) groups is 1. The molecular formula is C21H30N6. The molecular weight excluding hydrogens is 336 g/mol. The molecule has 2 aromatic rings. The SMILES string of the molecule is CCN1CCN(c2cc(CNC(=NC)NCc3ccccc3)ccn2)CC1. The predicted molar refractivity (Wildman–Crippen MR) is 112 cm³/mol. The van der Waals surface area contributed by atoms with Crippen molar-refractivity contribution in [1.82, 2.24) is 20.5 Å². The lowest BCUT2D eigenvalue weighted by atomic mass is 10.2. The van der Waals surface area contributed by atoms with Crippen LogP contribution in [0.5, 0.6) is 0 Å². The molecule has 0 atom stereocenters. The van der Waals surface area contributed by atoms with E-state index in [4.69, 9.17) is 0 Å². The molecule has 0 amide bonds. The van der Waals surface area contributed by atoms with E-state index in [0.29, 0.717) is 0 Å². The Morgan fingerprint density at radius 1 is 1.00 bits per heavy atom. The molecule has 144 valence electrons. The second kappa shape index (κ2) is 9.92. The number of rotatable bonds is 6. The highest BCUT2D eigenvalue weighted by atomic mass is 15.3. The van der Waals surface area contributed by atoms with Crippen molar-refractivity contribution in [3.05, 3.63) is 59.8 Å². The largest absolute Gasteiger partial charge is 0.354 e. The summed E-state index contributed by atoms with van der Waals surface area (Å²) in [6.45, 7) is 9.12. The van der Waals surface area contributed by atoms with E-state index in [9.17, 15) is 0 Å². The molecule has 0 radical (unpaired) electrons. The van der Waals surface area contributed by atoms with Crippen molar-refractivity contribution >= 4 is 11.8 Å². The number of benzene rings is 1. The highest BCUT2D eigenvalue weighted by Gasteiger charge is 2.16. The highest BCUT2D eigenvalue weighted by molar-refractivity contribution is 5.79. The van der Waals surface area contributed by atoms with Crippen LogP contribution < -0.4 is 15.5 Å². The van der Waals surface area contributed by atoms with Gasteiger partial charge in [0.05, 0.1) is 0 Å². The number of piperazine rings is 1. The van der Waals surface area contributed by atoms with E-state index in [-0.39, 0.29) is 0 Å². The first-order valence-electron chi connectivity index (χ1n) is 9.69. The predicted octanol–water partition coefficient (Wildman–Crippen LogP) is 2.09. The summed E-state index contributed by atoms with van der Waals surface area (Å²) >= 11 is 0. The standard InChI is InChI=1S/C21H30N6/c1-3-26-11-13-27(14-12-26)20-15-19(9-10-23-20)17-25-21(22-2)24-16-18-7-5-4-6-8-18/h4-10,15H,3,11-14,16-17H2,1-2H3,(H2,22,24,25). The first kappa shape index (κ1) is 19.2. The van der Waals surface area contributed by atoms with Crippen LogP contribution in [-0.4, -0.2) is 55.6 Å². The van der Waals surface area contributed by atoms with Gasteiger partial charge in [0.2, 0.25) is 0 Å². The number of likely N-dealkylation sites (N-methyl/N-ethyl adjacent to an activating group) is 1. The Morgan fingerprint density at radius 2 is 1.70 bits per heavy atom. The summed E-state index contributed by atoms with van der Waals surface area (Å²) in [7, 11) is 1.80. The van der Waals surface area contributed by atoms with E-state index < -0.39 is 0 Å². The molecule has 0 bridgehead atoms. The number of pyridine rings is 1. The van der Waals surface area contributed by atoms with Crippen molar-refractivity contribution in [1.29, 1.82) is 0 Å². The molecule has 1 aliphatic heterocycles. The maximum absolute atomic E-state index is 4.57. The molecule has 0 aliphatic carbocycles. The second-order valence-electron chi connectivity index (χ2n) is 6.71. The normalized spacial score (nSPS) is 15.6. The Hall–Kier alpha value is -2.60. The summed E-state index contributed by atoms with van der Waals surface area (Å²) in [4.78, 5) is 13.7. The monoisotopic (exact) mass is 366 g/mol. The summed E-state index contributed by atoms with van der Waals surface area (Å²) in [5.74, 6) is 1.87. The molecule has 1 saturated heterocycles. The zero-order chi connectivity index (χ0) is 18.9.